The van der Waals surface area contributed by atoms with Crippen molar-refractivity contribution in [2.24, 2.45) is 0 Å². The van der Waals surface area contributed by atoms with Crippen LogP contribution in [0.25, 0.3) is 10.8 Å². The first-order valence-corrected chi connectivity index (χ1v) is 7.38. The Morgan fingerprint density at radius 3 is 2.80 bits per heavy atom. The van der Waals surface area contributed by atoms with E-state index in [1.54, 1.807) is 0 Å². The number of Topliss-reactive ketones (excluding diaryl/α,β-unsaturated/α-hetero) is 1. The monoisotopic (exact) mass is 282 g/mol. The summed E-state index contributed by atoms with van der Waals surface area (Å²) in [4.78, 5) is 13.1. The highest BCUT2D eigenvalue weighted by Crippen LogP contribution is 2.21. The molecular formula is C16H14N2OS. The van der Waals surface area contributed by atoms with E-state index in [-0.39, 0.29) is 5.78 Å². The van der Waals surface area contributed by atoms with Crippen LogP contribution in [0.5, 0.6) is 0 Å². The fourth-order valence-electron chi connectivity index (χ4n) is 2.35. The van der Waals surface area contributed by atoms with E-state index in [0.717, 1.165) is 28.5 Å². The summed E-state index contributed by atoms with van der Waals surface area (Å²) in [6, 6.07) is 14.2. The maximum atomic E-state index is 12.4. The number of fused-ring (bicyclic) bond motifs is 1. The molecule has 3 rings (SSSR count). The van der Waals surface area contributed by atoms with Gasteiger partial charge in [-0.1, -0.05) is 53.9 Å². The van der Waals surface area contributed by atoms with Gasteiger partial charge in [0.1, 0.15) is 4.88 Å². The number of hydrogen-bond donors (Lipinski definition) is 0. The van der Waals surface area contributed by atoms with Gasteiger partial charge in [0.2, 0.25) is 0 Å². The van der Waals surface area contributed by atoms with E-state index in [2.05, 4.69) is 27.8 Å². The fraction of sp³-hybridized carbons (Fsp3) is 0.188. The molecular weight excluding hydrogens is 268 g/mol. The van der Waals surface area contributed by atoms with E-state index < -0.39 is 0 Å². The molecule has 0 saturated heterocycles. The number of aryl methyl sites for hydroxylation is 1. The lowest BCUT2D eigenvalue weighted by atomic mass is 9.99. The molecule has 0 saturated carbocycles. The van der Waals surface area contributed by atoms with Crippen molar-refractivity contribution in [1.29, 1.82) is 0 Å². The minimum atomic E-state index is 0.105. The minimum Gasteiger partial charge on any atom is -0.293 e. The van der Waals surface area contributed by atoms with Gasteiger partial charge >= 0.3 is 0 Å². The van der Waals surface area contributed by atoms with Crippen LogP contribution in [0.4, 0.5) is 0 Å². The topological polar surface area (TPSA) is 42.9 Å². The normalized spacial score (nSPS) is 10.8. The van der Waals surface area contributed by atoms with Crippen LogP contribution in [-0.2, 0) is 12.8 Å². The lowest BCUT2D eigenvalue weighted by Gasteiger charge is -2.05. The Morgan fingerprint density at radius 1 is 1.15 bits per heavy atom. The molecule has 0 aliphatic carbocycles. The number of carbonyl (C=O) groups excluding carboxylic acids is 1. The Bertz CT molecular complexity index is 759. The lowest BCUT2D eigenvalue weighted by Crippen LogP contribution is -2.04. The van der Waals surface area contributed by atoms with Gasteiger partial charge < -0.3 is 0 Å². The maximum Gasteiger partial charge on any atom is 0.180 e. The maximum absolute atomic E-state index is 12.4. The fourth-order valence-corrected chi connectivity index (χ4v) is 3.04. The highest BCUT2D eigenvalue weighted by Gasteiger charge is 2.16. The summed E-state index contributed by atoms with van der Waals surface area (Å²) < 4.78 is 3.89. The third-order valence-electron chi connectivity index (χ3n) is 3.37. The summed E-state index contributed by atoms with van der Waals surface area (Å²) in [5.41, 5.74) is 1.86. The molecule has 0 N–H and O–H groups in total. The quantitative estimate of drug-likeness (QED) is 0.686. The van der Waals surface area contributed by atoms with E-state index in [4.69, 9.17) is 0 Å². The summed E-state index contributed by atoms with van der Waals surface area (Å²) in [7, 11) is 0. The number of hydrogen-bond acceptors (Lipinski definition) is 4. The van der Waals surface area contributed by atoms with Crippen molar-refractivity contribution in [1.82, 2.24) is 9.59 Å². The van der Waals surface area contributed by atoms with Gasteiger partial charge in [0.25, 0.3) is 0 Å². The van der Waals surface area contributed by atoms with Crippen LogP contribution < -0.4 is 0 Å². The van der Waals surface area contributed by atoms with E-state index in [1.165, 1.54) is 11.5 Å². The average Bonchev–Trinajstić information content (AvgIpc) is 2.96. The molecule has 0 aliphatic rings. The molecule has 0 bridgehead atoms. The molecule has 4 heteroatoms. The number of ketones is 1. The summed E-state index contributed by atoms with van der Waals surface area (Å²) in [5.74, 6) is 0.105. The smallest absolute Gasteiger partial charge is 0.180 e. The number of benzene rings is 2. The van der Waals surface area contributed by atoms with Gasteiger partial charge in [-0.3, -0.25) is 4.79 Å². The highest BCUT2D eigenvalue weighted by molar-refractivity contribution is 7.08. The van der Waals surface area contributed by atoms with Gasteiger partial charge in [0.05, 0.1) is 5.69 Å². The van der Waals surface area contributed by atoms with Gasteiger partial charge in [-0.15, -0.1) is 5.10 Å². The third-order valence-corrected chi connectivity index (χ3v) is 4.18. The molecule has 0 spiro atoms. The summed E-state index contributed by atoms with van der Waals surface area (Å²) in [5, 5.41) is 6.31. The Balaban J connectivity index is 1.96. The van der Waals surface area contributed by atoms with Crippen molar-refractivity contribution in [3.63, 3.8) is 0 Å². The number of nitrogens with zero attached hydrogens (tertiary/aromatic N) is 2. The van der Waals surface area contributed by atoms with Crippen LogP contribution in [-0.4, -0.2) is 15.4 Å². The molecule has 0 radical (unpaired) electrons. The largest absolute Gasteiger partial charge is 0.293 e. The molecule has 0 fully saturated rings. The molecule has 0 atom stereocenters. The molecule has 100 valence electrons. The SMILES string of the molecule is CCc1nnsc1C(=O)Cc1cccc2ccccc12. The predicted octanol–water partition coefficient (Wildman–Crippen LogP) is 3.68. The van der Waals surface area contributed by atoms with Crippen molar-refractivity contribution in [2.75, 3.05) is 0 Å². The van der Waals surface area contributed by atoms with Crippen LogP contribution >= 0.6 is 11.5 Å². The molecule has 1 aromatic heterocycles. The second kappa shape index (κ2) is 5.51. The molecule has 0 unspecified atom stereocenters. The van der Waals surface area contributed by atoms with Gasteiger partial charge in [-0.2, -0.15) is 0 Å². The zero-order valence-corrected chi connectivity index (χ0v) is 12.0. The van der Waals surface area contributed by atoms with E-state index in [0.29, 0.717) is 11.3 Å². The Labute approximate surface area is 121 Å². The second-order valence-corrected chi connectivity index (χ2v) is 5.39. The molecule has 2 aromatic carbocycles. The minimum absolute atomic E-state index is 0.105. The Morgan fingerprint density at radius 2 is 1.95 bits per heavy atom. The predicted molar refractivity (Wildman–Crippen MR) is 81.3 cm³/mol. The van der Waals surface area contributed by atoms with E-state index in [1.807, 2.05) is 31.2 Å². The van der Waals surface area contributed by atoms with E-state index in [9.17, 15) is 4.79 Å². The molecule has 0 amide bonds. The van der Waals surface area contributed by atoms with Gasteiger partial charge in [-0.05, 0) is 34.3 Å². The van der Waals surface area contributed by atoms with Crippen LogP contribution in [0, 0.1) is 0 Å². The van der Waals surface area contributed by atoms with Crippen molar-refractivity contribution in [3.05, 3.63) is 58.6 Å². The van der Waals surface area contributed by atoms with Crippen LogP contribution in [0.2, 0.25) is 0 Å². The summed E-state index contributed by atoms with van der Waals surface area (Å²) in [6.45, 7) is 1.99. The van der Waals surface area contributed by atoms with Gasteiger partial charge in [0, 0.05) is 6.42 Å². The van der Waals surface area contributed by atoms with Crippen molar-refractivity contribution in [2.45, 2.75) is 19.8 Å². The standard InChI is InChI=1S/C16H14N2OS/c1-2-14-16(20-18-17-14)15(19)10-12-8-5-7-11-6-3-4-9-13(11)12/h3-9H,2,10H2,1H3. The number of rotatable bonds is 4. The molecule has 3 aromatic rings. The van der Waals surface area contributed by atoms with Gasteiger partial charge in [-0.25, -0.2) is 0 Å². The summed E-state index contributed by atoms with van der Waals surface area (Å²) in [6.07, 6.45) is 1.14. The van der Waals surface area contributed by atoms with Crippen LogP contribution in [0.3, 0.4) is 0 Å². The Hall–Kier alpha value is -2.07. The number of carbonyl (C=O) groups is 1. The van der Waals surface area contributed by atoms with Crippen molar-refractivity contribution in [3.8, 4) is 0 Å². The molecule has 0 aliphatic heterocycles. The number of aromatic nitrogens is 2. The van der Waals surface area contributed by atoms with Crippen LogP contribution in [0.1, 0.15) is 27.9 Å². The van der Waals surface area contributed by atoms with Crippen LogP contribution in [0.15, 0.2) is 42.5 Å². The average molecular weight is 282 g/mol. The van der Waals surface area contributed by atoms with E-state index >= 15 is 0 Å². The molecule has 1 heterocycles. The third kappa shape index (κ3) is 2.34. The second-order valence-electron chi connectivity index (χ2n) is 4.64. The lowest BCUT2D eigenvalue weighted by molar-refractivity contribution is 0.0996. The first-order chi connectivity index (χ1) is 9.79. The summed E-state index contributed by atoms with van der Waals surface area (Å²) >= 11 is 1.20. The van der Waals surface area contributed by atoms with Gasteiger partial charge in [0.15, 0.2) is 5.78 Å². The Kier molecular flexibility index (Phi) is 3.56. The zero-order chi connectivity index (χ0) is 13.9. The van der Waals surface area contributed by atoms with Crippen molar-refractivity contribution < 1.29 is 4.79 Å². The zero-order valence-electron chi connectivity index (χ0n) is 11.2. The molecule has 20 heavy (non-hydrogen) atoms. The highest BCUT2D eigenvalue weighted by atomic mass is 32.1. The van der Waals surface area contributed by atoms with Crippen molar-refractivity contribution >= 4 is 28.1 Å². The molecule has 3 nitrogen and oxygen atoms in total. The first kappa shape index (κ1) is 12.9. The first-order valence-electron chi connectivity index (χ1n) is 6.60.